The van der Waals surface area contributed by atoms with Crippen LogP contribution in [-0.2, 0) is 4.79 Å². The molecule has 2 N–H and O–H groups in total. The van der Waals surface area contributed by atoms with Gasteiger partial charge in [-0.25, -0.2) is 9.18 Å². The Bertz CT molecular complexity index is 467. The fraction of sp³-hybridized carbons (Fsp3) is 0.200. The van der Waals surface area contributed by atoms with E-state index in [1.54, 1.807) is 6.07 Å². The average molecular weight is 225 g/mol. The number of carboxylic acids is 1. The summed E-state index contributed by atoms with van der Waals surface area (Å²) in [5.41, 5.74) is -0.489. The van der Waals surface area contributed by atoms with Gasteiger partial charge in [-0.3, -0.25) is 0 Å². The Kier molecular flexibility index (Phi) is 3.43. The number of hydrogen-bond donors (Lipinski definition) is 2. The molecule has 0 saturated carbocycles. The molecule has 1 rings (SSSR count). The van der Waals surface area contributed by atoms with Crippen LogP contribution in [0.15, 0.2) is 12.1 Å². The van der Waals surface area contributed by atoms with Crippen molar-refractivity contribution >= 4 is 5.97 Å². The molecule has 0 aliphatic rings. The number of benzene rings is 1. The lowest BCUT2D eigenvalue weighted by Gasteiger charge is -2.10. The number of aliphatic hydroxyl groups excluding tert-OH is 1. The van der Waals surface area contributed by atoms with E-state index in [2.05, 4.69) is 4.74 Å². The lowest BCUT2D eigenvalue weighted by atomic mass is 10.0. The normalized spacial score (nSPS) is 11.6. The molecule has 1 aromatic carbocycles. The first-order valence-corrected chi connectivity index (χ1v) is 4.19. The van der Waals surface area contributed by atoms with E-state index in [0.29, 0.717) is 0 Å². The zero-order chi connectivity index (χ0) is 12.3. The van der Waals surface area contributed by atoms with Crippen molar-refractivity contribution < 1.29 is 24.1 Å². The molecule has 0 amide bonds. The van der Waals surface area contributed by atoms with E-state index in [1.165, 1.54) is 7.11 Å². The highest BCUT2D eigenvalue weighted by atomic mass is 19.1. The van der Waals surface area contributed by atoms with Crippen LogP contribution in [0.4, 0.5) is 4.39 Å². The third kappa shape index (κ3) is 2.10. The largest absolute Gasteiger partial charge is 0.494 e. The van der Waals surface area contributed by atoms with Crippen LogP contribution in [0.3, 0.4) is 0 Å². The van der Waals surface area contributed by atoms with Crippen LogP contribution in [-0.4, -0.2) is 23.3 Å². The quantitative estimate of drug-likeness (QED) is 0.794. The first-order valence-electron chi connectivity index (χ1n) is 4.19. The average Bonchev–Trinajstić information content (AvgIpc) is 2.28. The molecule has 1 aromatic rings. The number of aliphatic carboxylic acids is 1. The Hall–Kier alpha value is -2.13. The second-order valence-corrected chi connectivity index (χ2v) is 2.93. The number of ether oxygens (including phenoxy) is 1. The molecule has 1 atom stereocenters. The predicted molar refractivity (Wildman–Crippen MR) is 50.3 cm³/mol. The number of rotatable bonds is 3. The van der Waals surface area contributed by atoms with Crippen molar-refractivity contribution in [1.29, 1.82) is 5.26 Å². The monoisotopic (exact) mass is 225 g/mol. The van der Waals surface area contributed by atoms with Gasteiger partial charge >= 0.3 is 5.97 Å². The molecule has 5 nitrogen and oxygen atoms in total. The predicted octanol–water partition coefficient (Wildman–Crippen LogP) is 0.824. The van der Waals surface area contributed by atoms with E-state index in [4.69, 9.17) is 10.4 Å². The van der Waals surface area contributed by atoms with E-state index in [-0.39, 0.29) is 11.3 Å². The summed E-state index contributed by atoms with van der Waals surface area (Å²) in [5.74, 6) is -2.87. The molecule has 0 bridgehead atoms. The van der Waals surface area contributed by atoms with E-state index in [1.807, 2.05) is 0 Å². The number of carboxylic acid groups (broad SMARTS) is 1. The highest BCUT2D eigenvalue weighted by Gasteiger charge is 2.23. The molecule has 0 radical (unpaired) electrons. The van der Waals surface area contributed by atoms with Gasteiger partial charge in [0.15, 0.2) is 17.7 Å². The summed E-state index contributed by atoms with van der Waals surface area (Å²) in [4.78, 5) is 10.5. The van der Waals surface area contributed by atoms with Gasteiger partial charge < -0.3 is 14.9 Å². The summed E-state index contributed by atoms with van der Waals surface area (Å²) in [7, 11) is 1.18. The molecule has 1 unspecified atom stereocenters. The first-order chi connectivity index (χ1) is 7.51. The second kappa shape index (κ2) is 4.59. The van der Waals surface area contributed by atoms with Gasteiger partial charge in [-0.2, -0.15) is 5.26 Å². The molecule has 0 aliphatic heterocycles. The molecule has 0 saturated heterocycles. The summed E-state index contributed by atoms with van der Waals surface area (Å²) >= 11 is 0. The van der Waals surface area contributed by atoms with Crippen LogP contribution in [0.1, 0.15) is 17.2 Å². The van der Waals surface area contributed by atoms with Crippen LogP contribution in [0.2, 0.25) is 0 Å². The molecular formula is C10H8FNO4. The van der Waals surface area contributed by atoms with Crippen molar-refractivity contribution in [2.75, 3.05) is 7.11 Å². The zero-order valence-corrected chi connectivity index (χ0v) is 8.27. The van der Waals surface area contributed by atoms with E-state index in [0.717, 1.165) is 12.1 Å². The van der Waals surface area contributed by atoms with Crippen LogP contribution in [0.25, 0.3) is 0 Å². The summed E-state index contributed by atoms with van der Waals surface area (Å²) in [6.45, 7) is 0. The first kappa shape index (κ1) is 11.9. The number of nitrogens with zero attached hydrogens (tertiary/aromatic N) is 1. The molecule has 0 aromatic heterocycles. The minimum Gasteiger partial charge on any atom is -0.494 e. The van der Waals surface area contributed by atoms with Gasteiger partial charge in [0.1, 0.15) is 0 Å². The molecular weight excluding hydrogens is 217 g/mol. The Morgan fingerprint density at radius 3 is 2.69 bits per heavy atom. The van der Waals surface area contributed by atoms with Crippen molar-refractivity contribution in [3.63, 3.8) is 0 Å². The maximum absolute atomic E-state index is 13.5. The molecule has 0 heterocycles. The molecule has 0 fully saturated rings. The van der Waals surface area contributed by atoms with Crippen molar-refractivity contribution in [1.82, 2.24) is 0 Å². The fourth-order valence-corrected chi connectivity index (χ4v) is 1.16. The lowest BCUT2D eigenvalue weighted by Crippen LogP contribution is -2.13. The van der Waals surface area contributed by atoms with E-state index >= 15 is 0 Å². The number of carbonyl (C=O) groups is 1. The minimum atomic E-state index is -2.03. The standard InChI is InChI=1S/C10H8FNO4/c1-16-7-3-5(4-12)2-6(8(7)11)9(13)10(14)15/h2-3,9,13H,1H3,(H,14,15). The van der Waals surface area contributed by atoms with E-state index < -0.39 is 23.5 Å². The van der Waals surface area contributed by atoms with Crippen molar-refractivity contribution in [2.24, 2.45) is 0 Å². The van der Waals surface area contributed by atoms with E-state index in [9.17, 15) is 14.3 Å². The Morgan fingerprint density at radius 2 is 2.25 bits per heavy atom. The Labute approximate surface area is 90.3 Å². The number of methoxy groups -OCH3 is 1. The summed E-state index contributed by atoms with van der Waals surface area (Å²) in [5, 5.41) is 26.4. The van der Waals surface area contributed by atoms with Crippen LogP contribution < -0.4 is 4.74 Å². The highest BCUT2D eigenvalue weighted by Crippen LogP contribution is 2.27. The van der Waals surface area contributed by atoms with Gasteiger partial charge in [-0.15, -0.1) is 0 Å². The summed E-state index contributed by atoms with van der Waals surface area (Å²) < 4.78 is 18.2. The maximum atomic E-state index is 13.5. The maximum Gasteiger partial charge on any atom is 0.337 e. The number of aliphatic hydroxyl groups is 1. The van der Waals surface area contributed by atoms with Crippen molar-refractivity contribution in [2.45, 2.75) is 6.10 Å². The SMILES string of the molecule is COc1cc(C#N)cc(C(O)C(=O)O)c1F. The van der Waals surface area contributed by atoms with Gasteiger partial charge in [-0.1, -0.05) is 0 Å². The molecule has 84 valence electrons. The molecule has 0 spiro atoms. The highest BCUT2D eigenvalue weighted by molar-refractivity contribution is 5.74. The van der Waals surface area contributed by atoms with Crippen LogP contribution >= 0.6 is 0 Å². The molecule has 0 aliphatic carbocycles. The Balaban J connectivity index is 3.38. The topological polar surface area (TPSA) is 90.5 Å². The van der Waals surface area contributed by atoms with Crippen LogP contribution in [0.5, 0.6) is 5.75 Å². The minimum absolute atomic E-state index is 0.00792. The molecule has 16 heavy (non-hydrogen) atoms. The van der Waals surface area contributed by atoms with Crippen molar-refractivity contribution in [3.05, 3.63) is 29.1 Å². The second-order valence-electron chi connectivity index (χ2n) is 2.93. The third-order valence-electron chi connectivity index (χ3n) is 1.94. The summed E-state index contributed by atoms with van der Waals surface area (Å²) in [6.07, 6.45) is -2.03. The number of halogens is 1. The fourth-order valence-electron chi connectivity index (χ4n) is 1.16. The Morgan fingerprint density at radius 1 is 1.62 bits per heavy atom. The third-order valence-corrected chi connectivity index (χ3v) is 1.94. The molecule has 6 heteroatoms. The van der Waals surface area contributed by atoms with Gasteiger partial charge in [0.05, 0.1) is 18.7 Å². The smallest absolute Gasteiger partial charge is 0.337 e. The lowest BCUT2D eigenvalue weighted by molar-refractivity contribution is -0.147. The van der Waals surface area contributed by atoms with Gasteiger partial charge in [-0.05, 0) is 6.07 Å². The van der Waals surface area contributed by atoms with Gasteiger partial charge in [0.2, 0.25) is 0 Å². The van der Waals surface area contributed by atoms with Gasteiger partial charge in [0, 0.05) is 11.6 Å². The summed E-state index contributed by atoms with van der Waals surface area (Å²) in [6, 6.07) is 3.80. The van der Waals surface area contributed by atoms with Crippen molar-refractivity contribution in [3.8, 4) is 11.8 Å². The van der Waals surface area contributed by atoms with Gasteiger partial charge in [0.25, 0.3) is 0 Å². The number of nitriles is 1. The number of hydrogen-bond acceptors (Lipinski definition) is 4. The van der Waals surface area contributed by atoms with Crippen LogP contribution in [0, 0.1) is 17.1 Å². The zero-order valence-electron chi connectivity index (χ0n) is 8.27.